The summed E-state index contributed by atoms with van der Waals surface area (Å²) in [5.41, 5.74) is 0. The summed E-state index contributed by atoms with van der Waals surface area (Å²) in [7, 11) is 0. The molecular weight excluding hydrogens is 132 g/mol. The Morgan fingerprint density at radius 1 is 1.78 bits per heavy atom. The van der Waals surface area contributed by atoms with Gasteiger partial charge in [0.05, 0.1) is 0 Å². The standard InChI is InChI=1S/C4H5F2NO2/c1-4(5,6)3(8)9-7-2/h2H2,1H3. The predicted octanol–water partition coefficient (Wildman–Crippen LogP) is 0.800. The second-order valence-electron chi connectivity index (χ2n) is 1.40. The lowest BCUT2D eigenvalue weighted by Gasteiger charge is -2.03. The van der Waals surface area contributed by atoms with Crippen LogP contribution in [0.4, 0.5) is 8.78 Å². The highest BCUT2D eigenvalue weighted by Crippen LogP contribution is 2.12. The minimum Gasteiger partial charge on any atom is -0.312 e. The molecule has 0 aliphatic rings. The maximum Gasteiger partial charge on any atom is 0.403 e. The van der Waals surface area contributed by atoms with E-state index in [-0.39, 0.29) is 0 Å². The number of carbonyl (C=O) groups is 1. The Balaban J connectivity index is 3.88. The third-order valence-corrected chi connectivity index (χ3v) is 0.506. The number of rotatable bonds is 2. The molecule has 0 aromatic rings. The van der Waals surface area contributed by atoms with Crippen molar-refractivity contribution in [3.63, 3.8) is 0 Å². The first kappa shape index (κ1) is 8.00. The van der Waals surface area contributed by atoms with Crippen LogP contribution in [0.1, 0.15) is 6.92 Å². The van der Waals surface area contributed by atoms with Crippen molar-refractivity contribution in [2.75, 3.05) is 0 Å². The Morgan fingerprint density at radius 3 is 2.33 bits per heavy atom. The van der Waals surface area contributed by atoms with Crippen molar-refractivity contribution in [3.8, 4) is 0 Å². The van der Waals surface area contributed by atoms with Crippen LogP contribution in [0.2, 0.25) is 0 Å². The van der Waals surface area contributed by atoms with Gasteiger partial charge in [0.2, 0.25) is 0 Å². The first-order valence-corrected chi connectivity index (χ1v) is 2.04. The molecule has 0 fully saturated rings. The third-order valence-electron chi connectivity index (χ3n) is 0.506. The van der Waals surface area contributed by atoms with Gasteiger partial charge in [0.15, 0.2) is 0 Å². The van der Waals surface area contributed by atoms with Gasteiger partial charge in [-0.15, -0.1) is 0 Å². The molecule has 3 nitrogen and oxygen atoms in total. The Kier molecular flexibility index (Phi) is 2.24. The second kappa shape index (κ2) is 2.52. The zero-order valence-corrected chi connectivity index (χ0v) is 4.73. The molecule has 52 valence electrons. The lowest BCUT2D eigenvalue weighted by Crippen LogP contribution is -2.24. The van der Waals surface area contributed by atoms with Crippen LogP contribution >= 0.6 is 0 Å². The van der Waals surface area contributed by atoms with Crippen LogP contribution in [-0.2, 0) is 9.63 Å². The normalized spacial score (nSPS) is 10.6. The molecule has 0 amide bonds. The zero-order valence-electron chi connectivity index (χ0n) is 4.73. The van der Waals surface area contributed by atoms with Crippen LogP contribution in [0.15, 0.2) is 5.16 Å². The first-order chi connectivity index (χ1) is 3.98. The number of hydrogen-bond donors (Lipinski definition) is 0. The molecule has 0 bridgehead atoms. The second-order valence-corrected chi connectivity index (χ2v) is 1.40. The minimum absolute atomic E-state index is 0.417. The van der Waals surface area contributed by atoms with Gasteiger partial charge in [-0.3, -0.25) is 0 Å². The van der Waals surface area contributed by atoms with Gasteiger partial charge in [-0.2, -0.15) is 8.78 Å². The van der Waals surface area contributed by atoms with Crippen molar-refractivity contribution in [2.45, 2.75) is 12.8 Å². The van der Waals surface area contributed by atoms with E-state index in [0.717, 1.165) is 0 Å². The summed E-state index contributed by atoms with van der Waals surface area (Å²) in [6.45, 7) is 3.10. The molecule has 0 rings (SSSR count). The zero-order chi connectivity index (χ0) is 7.49. The summed E-state index contributed by atoms with van der Waals surface area (Å²) in [5, 5.41) is 2.52. The van der Waals surface area contributed by atoms with Crippen molar-refractivity contribution >= 4 is 12.7 Å². The number of carbonyl (C=O) groups excluding carboxylic acids is 1. The van der Waals surface area contributed by atoms with Crippen LogP contribution in [0.5, 0.6) is 0 Å². The van der Waals surface area contributed by atoms with Gasteiger partial charge in [-0.05, 0) is 0 Å². The molecule has 5 heteroatoms. The molecule has 0 aromatic heterocycles. The summed E-state index contributed by atoms with van der Waals surface area (Å²) < 4.78 is 23.5. The molecule has 0 saturated carbocycles. The van der Waals surface area contributed by atoms with Gasteiger partial charge in [0.1, 0.15) is 0 Å². The molecule has 0 aromatic carbocycles. The van der Waals surface area contributed by atoms with Crippen LogP contribution in [0, 0.1) is 0 Å². The van der Waals surface area contributed by atoms with Gasteiger partial charge in [0, 0.05) is 13.6 Å². The van der Waals surface area contributed by atoms with Crippen molar-refractivity contribution in [1.82, 2.24) is 0 Å². The topological polar surface area (TPSA) is 38.7 Å². The molecule has 0 heterocycles. The largest absolute Gasteiger partial charge is 0.403 e. The molecule has 0 saturated heterocycles. The summed E-state index contributed by atoms with van der Waals surface area (Å²) in [6.07, 6.45) is 0. The van der Waals surface area contributed by atoms with E-state index in [2.05, 4.69) is 16.7 Å². The molecule has 0 atom stereocenters. The van der Waals surface area contributed by atoms with E-state index in [1.54, 1.807) is 0 Å². The van der Waals surface area contributed by atoms with Gasteiger partial charge in [-0.1, -0.05) is 5.16 Å². The molecule has 0 spiro atoms. The number of oxime groups is 1. The molecule has 0 radical (unpaired) electrons. The van der Waals surface area contributed by atoms with E-state index in [9.17, 15) is 13.6 Å². The highest BCUT2D eigenvalue weighted by molar-refractivity contribution is 5.76. The Labute approximate surface area is 50.3 Å². The van der Waals surface area contributed by atoms with Crippen LogP contribution < -0.4 is 0 Å². The van der Waals surface area contributed by atoms with Crippen molar-refractivity contribution in [2.24, 2.45) is 5.16 Å². The molecule has 0 aliphatic carbocycles. The maximum atomic E-state index is 11.7. The van der Waals surface area contributed by atoms with E-state index in [0.29, 0.717) is 6.92 Å². The lowest BCUT2D eigenvalue weighted by molar-refractivity contribution is -0.169. The summed E-state index contributed by atoms with van der Waals surface area (Å²) in [5.74, 6) is -5.18. The van der Waals surface area contributed by atoms with E-state index in [4.69, 9.17) is 0 Å². The fourth-order valence-corrected chi connectivity index (χ4v) is 0.139. The van der Waals surface area contributed by atoms with Crippen LogP contribution in [-0.4, -0.2) is 18.6 Å². The minimum atomic E-state index is -3.48. The molecule has 9 heavy (non-hydrogen) atoms. The van der Waals surface area contributed by atoms with Gasteiger partial charge >= 0.3 is 11.9 Å². The first-order valence-electron chi connectivity index (χ1n) is 2.04. The SMILES string of the molecule is C=NOC(=O)C(C)(F)F. The average Bonchev–Trinajstić information content (AvgIpc) is 1.64. The quantitative estimate of drug-likeness (QED) is 0.321. The summed E-state index contributed by atoms with van der Waals surface area (Å²) in [4.78, 5) is 13.5. The van der Waals surface area contributed by atoms with Crippen LogP contribution in [0.25, 0.3) is 0 Å². The van der Waals surface area contributed by atoms with E-state index < -0.39 is 11.9 Å². The maximum absolute atomic E-state index is 11.7. The predicted molar refractivity (Wildman–Crippen MR) is 26.3 cm³/mol. The summed E-state index contributed by atoms with van der Waals surface area (Å²) in [6, 6.07) is 0. The lowest BCUT2D eigenvalue weighted by atomic mass is 10.4. The third kappa shape index (κ3) is 2.73. The average molecular weight is 137 g/mol. The highest BCUT2D eigenvalue weighted by atomic mass is 19.3. The number of nitrogens with zero attached hydrogens (tertiary/aromatic N) is 1. The van der Waals surface area contributed by atoms with Crippen LogP contribution in [0.3, 0.4) is 0 Å². The fraction of sp³-hybridized carbons (Fsp3) is 0.500. The number of alkyl halides is 2. The van der Waals surface area contributed by atoms with Crippen molar-refractivity contribution < 1.29 is 18.4 Å². The monoisotopic (exact) mass is 137 g/mol. The molecular formula is C4H5F2NO2. The molecule has 0 unspecified atom stereocenters. The Hall–Kier alpha value is -1.00. The Bertz CT molecular complexity index is 129. The fourth-order valence-electron chi connectivity index (χ4n) is 0.139. The smallest absolute Gasteiger partial charge is 0.312 e. The van der Waals surface area contributed by atoms with E-state index in [1.165, 1.54) is 0 Å². The van der Waals surface area contributed by atoms with Crippen molar-refractivity contribution in [3.05, 3.63) is 0 Å². The molecule has 0 aliphatic heterocycles. The van der Waals surface area contributed by atoms with E-state index in [1.807, 2.05) is 0 Å². The van der Waals surface area contributed by atoms with Gasteiger partial charge in [0.25, 0.3) is 0 Å². The molecule has 0 N–H and O–H groups in total. The van der Waals surface area contributed by atoms with Gasteiger partial charge < -0.3 is 4.84 Å². The highest BCUT2D eigenvalue weighted by Gasteiger charge is 2.34. The van der Waals surface area contributed by atoms with Crippen molar-refractivity contribution in [1.29, 1.82) is 0 Å². The number of hydrogen-bond acceptors (Lipinski definition) is 3. The number of halogens is 2. The van der Waals surface area contributed by atoms with Gasteiger partial charge in [-0.25, -0.2) is 4.79 Å². The summed E-state index contributed by atoms with van der Waals surface area (Å²) >= 11 is 0. The Morgan fingerprint density at radius 2 is 2.22 bits per heavy atom. The van der Waals surface area contributed by atoms with E-state index >= 15 is 0 Å².